The predicted molar refractivity (Wildman–Crippen MR) is 93.4 cm³/mol. The Morgan fingerprint density at radius 2 is 1.70 bits per heavy atom. The van der Waals surface area contributed by atoms with Crippen LogP contribution in [0.4, 0.5) is 11.8 Å². The Labute approximate surface area is 139 Å². The molecule has 0 aliphatic carbocycles. The number of rotatable bonds is 3. The van der Waals surface area contributed by atoms with Gasteiger partial charge in [-0.05, 0) is 47.0 Å². The topological polar surface area (TPSA) is 59.5 Å². The van der Waals surface area contributed by atoms with Crippen molar-refractivity contribution in [2.24, 2.45) is 0 Å². The van der Waals surface area contributed by atoms with Crippen LogP contribution in [-0.4, -0.2) is 48.4 Å². The lowest BCUT2D eigenvalue weighted by Crippen LogP contribution is -2.41. The zero-order chi connectivity index (χ0) is 16.7. The lowest BCUT2D eigenvalue weighted by atomic mass is 9.80. The van der Waals surface area contributed by atoms with Gasteiger partial charge in [-0.3, -0.25) is 0 Å². The second-order valence-electron chi connectivity index (χ2n) is 7.36. The quantitative estimate of drug-likeness (QED) is 0.858. The monoisotopic (exact) mass is 318 g/mol. The summed E-state index contributed by atoms with van der Waals surface area (Å²) >= 11 is 0. The van der Waals surface area contributed by atoms with Gasteiger partial charge in [0.05, 0.1) is 11.2 Å². The van der Waals surface area contributed by atoms with E-state index in [1.165, 1.54) is 19.3 Å². The fourth-order valence-corrected chi connectivity index (χ4v) is 2.97. The van der Waals surface area contributed by atoms with Crippen LogP contribution in [0, 0.1) is 0 Å². The van der Waals surface area contributed by atoms with E-state index in [4.69, 9.17) is 14.3 Å². The molecule has 1 aromatic rings. The van der Waals surface area contributed by atoms with Gasteiger partial charge in [0.25, 0.3) is 0 Å². The summed E-state index contributed by atoms with van der Waals surface area (Å²) in [7, 11) is 1.43. The molecule has 0 atom stereocenters. The van der Waals surface area contributed by atoms with Crippen LogP contribution in [0.1, 0.15) is 47.0 Å². The summed E-state index contributed by atoms with van der Waals surface area (Å²) in [5, 5.41) is 3.17. The van der Waals surface area contributed by atoms with Gasteiger partial charge in [-0.1, -0.05) is 0 Å². The van der Waals surface area contributed by atoms with Gasteiger partial charge in [-0.2, -0.15) is 4.98 Å². The maximum Gasteiger partial charge on any atom is 0.500 e. The van der Waals surface area contributed by atoms with Crippen molar-refractivity contribution < 1.29 is 9.31 Å². The molecule has 2 aliphatic rings. The Hall–Kier alpha value is -1.34. The Balaban J connectivity index is 1.86. The standard InChI is InChI=1S/C16H27BN4O2/c1-15(2)16(3,4)23-17(22-15)12-11-19-14(20-13(12)18-5)21-9-7-6-8-10-21/h11H,6-10H2,1-5H3,(H,18,19,20). The molecule has 1 aromatic heterocycles. The SMILES string of the molecule is CNc1nc(N2CCCCC2)ncc1B1OC(C)(C)C(C)(C)O1. The molecule has 0 unspecified atom stereocenters. The van der Waals surface area contributed by atoms with E-state index >= 15 is 0 Å². The minimum absolute atomic E-state index is 0.367. The largest absolute Gasteiger partial charge is 0.500 e. The van der Waals surface area contributed by atoms with Crippen molar-refractivity contribution in [1.82, 2.24) is 9.97 Å². The first-order valence-corrected chi connectivity index (χ1v) is 8.49. The van der Waals surface area contributed by atoms with Gasteiger partial charge in [0.15, 0.2) is 0 Å². The van der Waals surface area contributed by atoms with Crippen molar-refractivity contribution in [3.8, 4) is 0 Å². The number of hydrogen-bond acceptors (Lipinski definition) is 6. The minimum atomic E-state index is -0.446. The van der Waals surface area contributed by atoms with Crippen molar-refractivity contribution in [2.75, 3.05) is 30.4 Å². The van der Waals surface area contributed by atoms with Crippen LogP contribution < -0.4 is 15.7 Å². The predicted octanol–water partition coefficient (Wildman–Crippen LogP) is 1.81. The number of nitrogens with zero attached hydrogens (tertiary/aromatic N) is 3. The second kappa shape index (κ2) is 5.94. The summed E-state index contributed by atoms with van der Waals surface area (Å²) < 4.78 is 12.2. The van der Waals surface area contributed by atoms with Crippen LogP contribution in [0.5, 0.6) is 0 Å². The Morgan fingerprint density at radius 3 is 2.26 bits per heavy atom. The van der Waals surface area contributed by atoms with E-state index in [0.29, 0.717) is 0 Å². The van der Waals surface area contributed by atoms with Gasteiger partial charge < -0.3 is 19.5 Å². The van der Waals surface area contributed by atoms with Gasteiger partial charge in [-0.15, -0.1) is 0 Å². The van der Waals surface area contributed by atoms with Crippen molar-refractivity contribution in [2.45, 2.75) is 58.2 Å². The normalized spacial score (nSPS) is 23.2. The van der Waals surface area contributed by atoms with E-state index in [0.717, 1.165) is 30.3 Å². The number of anilines is 2. The number of piperidine rings is 1. The number of nitrogens with one attached hydrogen (secondary N) is 1. The van der Waals surface area contributed by atoms with Crippen molar-refractivity contribution in [3.05, 3.63) is 6.20 Å². The molecule has 0 radical (unpaired) electrons. The molecule has 0 amide bonds. The van der Waals surface area contributed by atoms with Crippen LogP contribution in [0.3, 0.4) is 0 Å². The highest BCUT2D eigenvalue weighted by Crippen LogP contribution is 2.36. The molecule has 126 valence electrons. The van der Waals surface area contributed by atoms with E-state index in [9.17, 15) is 0 Å². The molecule has 0 aromatic carbocycles. The van der Waals surface area contributed by atoms with Crippen LogP contribution in [0.15, 0.2) is 6.20 Å². The van der Waals surface area contributed by atoms with Gasteiger partial charge in [0.2, 0.25) is 5.95 Å². The smallest absolute Gasteiger partial charge is 0.399 e. The van der Waals surface area contributed by atoms with E-state index in [1.54, 1.807) is 0 Å². The van der Waals surface area contributed by atoms with E-state index in [2.05, 4.69) is 42.9 Å². The first-order valence-electron chi connectivity index (χ1n) is 8.49. The average molecular weight is 318 g/mol. The van der Waals surface area contributed by atoms with Crippen LogP contribution in [0.2, 0.25) is 0 Å². The fourth-order valence-electron chi connectivity index (χ4n) is 2.97. The molecular formula is C16H27BN4O2. The number of aromatic nitrogens is 2. The molecule has 0 saturated carbocycles. The van der Waals surface area contributed by atoms with E-state index in [-0.39, 0.29) is 11.2 Å². The van der Waals surface area contributed by atoms with Crippen molar-refractivity contribution in [3.63, 3.8) is 0 Å². The molecule has 2 aliphatic heterocycles. The lowest BCUT2D eigenvalue weighted by molar-refractivity contribution is 0.00578. The minimum Gasteiger partial charge on any atom is -0.399 e. The Morgan fingerprint density at radius 1 is 1.09 bits per heavy atom. The summed E-state index contributed by atoms with van der Waals surface area (Å²) in [5.41, 5.74) is 0.120. The third kappa shape index (κ3) is 3.04. The van der Waals surface area contributed by atoms with E-state index < -0.39 is 7.12 Å². The lowest BCUT2D eigenvalue weighted by Gasteiger charge is -2.32. The van der Waals surface area contributed by atoms with Gasteiger partial charge in [0.1, 0.15) is 5.82 Å². The van der Waals surface area contributed by atoms with Crippen LogP contribution >= 0.6 is 0 Å². The summed E-state index contributed by atoms with van der Waals surface area (Å²) in [6.07, 6.45) is 5.54. The molecular weight excluding hydrogens is 291 g/mol. The second-order valence-corrected chi connectivity index (χ2v) is 7.36. The molecule has 0 bridgehead atoms. The molecule has 2 saturated heterocycles. The van der Waals surface area contributed by atoms with E-state index in [1.807, 2.05) is 13.2 Å². The molecule has 23 heavy (non-hydrogen) atoms. The molecule has 7 heteroatoms. The molecule has 6 nitrogen and oxygen atoms in total. The first-order chi connectivity index (χ1) is 10.8. The van der Waals surface area contributed by atoms with Gasteiger partial charge in [-0.25, -0.2) is 4.98 Å². The molecule has 2 fully saturated rings. The highest BCUT2D eigenvalue weighted by Gasteiger charge is 2.52. The van der Waals surface area contributed by atoms with Gasteiger partial charge >= 0.3 is 7.12 Å². The number of hydrogen-bond donors (Lipinski definition) is 1. The molecule has 3 rings (SSSR count). The molecule has 0 spiro atoms. The highest BCUT2D eigenvalue weighted by atomic mass is 16.7. The van der Waals surface area contributed by atoms with Crippen molar-refractivity contribution >= 4 is 24.3 Å². The zero-order valence-corrected chi connectivity index (χ0v) is 14.8. The summed E-state index contributed by atoms with van der Waals surface area (Å²) in [5.74, 6) is 1.56. The average Bonchev–Trinajstić information content (AvgIpc) is 2.75. The maximum atomic E-state index is 6.12. The maximum absolute atomic E-state index is 6.12. The summed E-state index contributed by atoms with van der Waals surface area (Å²) in [4.78, 5) is 11.5. The highest BCUT2D eigenvalue weighted by molar-refractivity contribution is 6.63. The van der Waals surface area contributed by atoms with Crippen LogP contribution in [0.25, 0.3) is 0 Å². The molecule has 1 N–H and O–H groups in total. The van der Waals surface area contributed by atoms with Crippen molar-refractivity contribution in [1.29, 1.82) is 0 Å². The zero-order valence-electron chi connectivity index (χ0n) is 14.8. The third-order valence-corrected chi connectivity index (χ3v) is 5.19. The van der Waals surface area contributed by atoms with Gasteiger partial charge in [0, 0.05) is 31.8 Å². The first kappa shape index (κ1) is 16.5. The Kier molecular flexibility index (Phi) is 4.27. The summed E-state index contributed by atoms with van der Waals surface area (Å²) in [6.45, 7) is 10.3. The van der Waals surface area contributed by atoms with Crippen LogP contribution in [-0.2, 0) is 9.31 Å². The fraction of sp³-hybridized carbons (Fsp3) is 0.750. The third-order valence-electron chi connectivity index (χ3n) is 5.19. The molecule has 3 heterocycles. The Bertz CT molecular complexity index is 557. The summed E-state index contributed by atoms with van der Waals surface area (Å²) in [6, 6.07) is 0.